The third-order valence-corrected chi connectivity index (χ3v) is 4.43. The minimum Gasteiger partial charge on any atom is -0.349 e. The largest absolute Gasteiger partial charge is 0.349 e. The Morgan fingerprint density at radius 3 is 2.45 bits per heavy atom. The number of rotatable bonds is 6. The van der Waals surface area contributed by atoms with Crippen LogP contribution in [0.3, 0.4) is 0 Å². The maximum Gasteiger partial charge on any atom is 0.223 e. The van der Waals surface area contributed by atoms with Gasteiger partial charge in [-0.3, -0.25) is 4.79 Å². The predicted molar refractivity (Wildman–Crippen MR) is 87.0 cm³/mol. The zero-order chi connectivity index (χ0) is 15.9. The number of hydrogen-bond acceptors (Lipinski definition) is 2. The summed E-state index contributed by atoms with van der Waals surface area (Å²) in [5.41, 5.74) is 0.979. The molecular formula is C18H27FN2O. The van der Waals surface area contributed by atoms with Gasteiger partial charge in [0.1, 0.15) is 5.82 Å². The molecule has 1 aliphatic carbocycles. The zero-order valence-electron chi connectivity index (χ0n) is 13.6. The average Bonchev–Trinajstić information content (AvgIpc) is 2.53. The van der Waals surface area contributed by atoms with E-state index in [0.717, 1.165) is 44.2 Å². The van der Waals surface area contributed by atoms with Gasteiger partial charge in [-0.05, 0) is 57.6 Å². The molecule has 0 aromatic heterocycles. The third-order valence-electron chi connectivity index (χ3n) is 4.43. The van der Waals surface area contributed by atoms with Crippen LogP contribution < -0.4 is 5.32 Å². The van der Waals surface area contributed by atoms with Crippen molar-refractivity contribution in [2.24, 2.45) is 5.92 Å². The third kappa shape index (κ3) is 5.09. The Bertz CT molecular complexity index is 466. The SMILES string of the molecule is CN(C)CCC(NC(=O)C1CCCCC1)c1ccc(F)cc1. The van der Waals surface area contributed by atoms with Gasteiger partial charge in [0.2, 0.25) is 5.91 Å². The van der Waals surface area contributed by atoms with E-state index in [4.69, 9.17) is 0 Å². The minimum atomic E-state index is -0.242. The number of nitrogens with one attached hydrogen (secondary N) is 1. The van der Waals surface area contributed by atoms with Crippen LogP contribution in [0.1, 0.15) is 50.1 Å². The first-order valence-electron chi connectivity index (χ1n) is 8.27. The Kier molecular flexibility index (Phi) is 6.37. The number of benzene rings is 1. The highest BCUT2D eigenvalue weighted by Crippen LogP contribution is 2.25. The average molecular weight is 306 g/mol. The van der Waals surface area contributed by atoms with Crippen molar-refractivity contribution >= 4 is 5.91 Å². The fraction of sp³-hybridized carbons (Fsp3) is 0.611. The first-order chi connectivity index (χ1) is 10.6. The smallest absolute Gasteiger partial charge is 0.223 e. The van der Waals surface area contributed by atoms with Gasteiger partial charge < -0.3 is 10.2 Å². The number of amides is 1. The first-order valence-corrected chi connectivity index (χ1v) is 8.27. The van der Waals surface area contributed by atoms with Gasteiger partial charge in [-0.25, -0.2) is 4.39 Å². The Labute approximate surface area is 132 Å². The van der Waals surface area contributed by atoms with Gasteiger partial charge in [0.05, 0.1) is 6.04 Å². The van der Waals surface area contributed by atoms with Crippen LogP contribution >= 0.6 is 0 Å². The van der Waals surface area contributed by atoms with Gasteiger partial charge in [-0.1, -0.05) is 31.4 Å². The van der Waals surface area contributed by atoms with E-state index < -0.39 is 0 Å². The summed E-state index contributed by atoms with van der Waals surface area (Å²) in [4.78, 5) is 14.6. The summed E-state index contributed by atoms with van der Waals surface area (Å²) in [5.74, 6) is 0.0672. The van der Waals surface area contributed by atoms with Gasteiger partial charge in [0.15, 0.2) is 0 Å². The van der Waals surface area contributed by atoms with Crippen molar-refractivity contribution in [3.8, 4) is 0 Å². The maximum absolute atomic E-state index is 13.1. The second kappa shape index (κ2) is 8.28. The van der Waals surface area contributed by atoms with Crippen LogP contribution in [0.4, 0.5) is 4.39 Å². The summed E-state index contributed by atoms with van der Waals surface area (Å²) >= 11 is 0. The summed E-state index contributed by atoms with van der Waals surface area (Å²) in [6.45, 7) is 0.882. The number of hydrogen-bond donors (Lipinski definition) is 1. The molecule has 1 aromatic carbocycles. The van der Waals surface area contributed by atoms with E-state index in [0.29, 0.717) is 0 Å². The van der Waals surface area contributed by atoms with E-state index in [1.807, 2.05) is 14.1 Å². The second-order valence-electron chi connectivity index (χ2n) is 6.54. The lowest BCUT2D eigenvalue weighted by Gasteiger charge is -2.26. The molecule has 1 N–H and O–H groups in total. The molecule has 0 spiro atoms. The van der Waals surface area contributed by atoms with Crippen molar-refractivity contribution in [2.75, 3.05) is 20.6 Å². The van der Waals surface area contributed by atoms with Crippen LogP contribution in [0, 0.1) is 11.7 Å². The van der Waals surface area contributed by atoms with Crippen molar-refractivity contribution < 1.29 is 9.18 Å². The topological polar surface area (TPSA) is 32.3 Å². The van der Waals surface area contributed by atoms with E-state index >= 15 is 0 Å². The molecular weight excluding hydrogens is 279 g/mol. The Morgan fingerprint density at radius 1 is 1.23 bits per heavy atom. The quantitative estimate of drug-likeness (QED) is 0.872. The molecule has 1 aliphatic rings. The highest BCUT2D eigenvalue weighted by Gasteiger charge is 2.24. The lowest BCUT2D eigenvalue weighted by atomic mass is 9.88. The second-order valence-corrected chi connectivity index (χ2v) is 6.54. The Morgan fingerprint density at radius 2 is 1.86 bits per heavy atom. The van der Waals surface area contributed by atoms with Crippen molar-refractivity contribution in [3.63, 3.8) is 0 Å². The molecule has 1 aromatic rings. The highest BCUT2D eigenvalue weighted by molar-refractivity contribution is 5.79. The van der Waals surface area contributed by atoms with Crippen LogP contribution in [0.2, 0.25) is 0 Å². The van der Waals surface area contributed by atoms with Crippen molar-refractivity contribution in [3.05, 3.63) is 35.6 Å². The number of halogens is 1. The summed E-state index contributed by atoms with van der Waals surface area (Å²) in [6, 6.07) is 6.43. The number of carbonyl (C=O) groups excluding carboxylic acids is 1. The molecule has 4 heteroatoms. The van der Waals surface area contributed by atoms with Crippen molar-refractivity contribution in [2.45, 2.75) is 44.6 Å². The molecule has 1 unspecified atom stereocenters. The molecule has 1 fully saturated rings. The molecule has 0 bridgehead atoms. The normalized spacial score (nSPS) is 17.5. The molecule has 122 valence electrons. The van der Waals surface area contributed by atoms with Gasteiger partial charge >= 0.3 is 0 Å². The molecule has 22 heavy (non-hydrogen) atoms. The van der Waals surface area contributed by atoms with E-state index in [-0.39, 0.29) is 23.7 Å². The molecule has 0 aliphatic heterocycles. The molecule has 1 saturated carbocycles. The van der Waals surface area contributed by atoms with E-state index in [9.17, 15) is 9.18 Å². The van der Waals surface area contributed by atoms with Crippen LogP contribution in [0.25, 0.3) is 0 Å². The van der Waals surface area contributed by atoms with Crippen LogP contribution in [0.15, 0.2) is 24.3 Å². The predicted octanol–water partition coefficient (Wildman–Crippen LogP) is 3.52. The van der Waals surface area contributed by atoms with E-state index in [2.05, 4.69) is 10.2 Å². The van der Waals surface area contributed by atoms with Crippen molar-refractivity contribution in [1.82, 2.24) is 10.2 Å². The highest BCUT2D eigenvalue weighted by atomic mass is 19.1. The molecule has 1 amide bonds. The molecule has 0 heterocycles. The van der Waals surface area contributed by atoms with Gasteiger partial charge in [0.25, 0.3) is 0 Å². The molecule has 1 atom stereocenters. The summed E-state index contributed by atoms with van der Waals surface area (Å²) < 4.78 is 13.1. The van der Waals surface area contributed by atoms with E-state index in [1.54, 1.807) is 12.1 Å². The maximum atomic E-state index is 13.1. The number of nitrogens with zero attached hydrogens (tertiary/aromatic N) is 1. The lowest BCUT2D eigenvalue weighted by molar-refractivity contribution is -0.126. The minimum absolute atomic E-state index is 0.0440. The monoisotopic (exact) mass is 306 g/mol. The molecule has 0 saturated heterocycles. The molecule has 0 radical (unpaired) electrons. The van der Waals surface area contributed by atoms with E-state index in [1.165, 1.54) is 18.6 Å². The molecule has 2 rings (SSSR count). The fourth-order valence-electron chi connectivity index (χ4n) is 3.06. The summed E-state index contributed by atoms with van der Waals surface area (Å²) in [6.07, 6.45) is 6.36. The van der Waals surface area contributed by atoms with Crippen LogP contribution in [0.5, 0.6) is 0 Å². The van der Waals surface area contributed by atoms with Gasteiger partial charge in [-0.15, -0.1) is 0 Å². The standard InChI is InChI=1S/C18H27FN2O/c1-21(2)13-12-17(14-8-10-16(19)11-9-14)20-18(22)15-6-4-3-5-7-15/h8-11,15,17H,3-7,12-13H2,1-2H3,(H,20,22). The summed E-state index contributed by atoms with van der Waals surface area (Å²) in [5, 5.41) is 3.19. The fourth-order valence-corrected chi connectivity index (χ4v) is 3.06. The lowest BCUT2D eigenvalue weighted by Crippen LogP contribution is -2.36. The van der Waals surface area contributed by atoms with Crippen molar-refractivity contribution in [1.29, 1.82) is 0 Å². The van der Waals surface area contributed by atoms with Crippen LogP contribution in [-0.4, -0.2) is 31.4 Å². The van der Waals surface area contributed by atoms with Gasteiger partial charge in [-0.2, -0.15) is 0 Å². The van der Waals surface area contributed by atoms with Crippen LogP contribution in [-0.2, 0) is 4.79 Å². The Hall–Kier alpha value is -1.42. The zero-order valence-corrected chi connectivity index (χ0v) is 13.6. The Balaban J connectivity index is 2.02. The number of carbonyl (C=O) groups is 1. The van der Waals surface area contributed by atoms with Gasteiger partial charge in [0, 0.05) is 5.92 Å². The first kappa shape index (κ1) is 16.9. The summed E-state index contributed by atoms with van der Waals surface area (Å²) in [7, 11) is 4.04. The molecule has 3 nitrogen and oxygen atoms in total.